The monoisotopic (exact) mass is 321 g/mol. The van der Waals surface area contributed by atoms with Gasteiger partial charge in [-0.25, -0.2) is 12.8 Å². The van der Waals surface area contributed by atoms with Crippen LogP contribution in [0.1, 0.15) is 31.7 Å². The molecule has 4 nitrogen and oxygen atoms in total. The molecular weight excluding hydrogens is 305 g/mol. The third-order valence-electron chi connectivity index (χ3n) is 3.23. The number of benzene rings is 1. The van der Waals surface area contributed by atoms with Crippen molar-refractivity contribution in [2.45, 2.75) is 43.7 Å². The first-order chi connectivity index (χ1) is 9.41. The van der Waals surface area contributed by atoms with Gasteiger partial charge in [0.2, 0.25) is 10.0 Å². The molecule has 1 aromatic carbocycles. The molecule has 1 aliphatic carbocycles. The summed E-state index contributed by atoms with van der Waals surface area (Å²) in [6.07, 6.45) is 2.26. The second kappa shape index (κ2) is 5.97. The van der Waals surface area contributed by atoms with Gasteiger partial charge in [0.25, 0.3) is 0 Å². The highest BCUT2D eigenvalue weighted by Gasteiger charge is 2.39. The number of hydrogen-bond acceptors (Lipinski definition) is 3. The number of halogens is 2. The molecular formula is C13H17ClFNO3S. The van der Waals surface area contributed by atoms with Crippen molar-refractivity contribution in [3.8, 4) is 0 Å². The minimum absolute atomic E-state index is 0.0455. The molecule has 0 atom stereocenters. The molecule has 0 saturated heterocycles. The molecule has 1 aromatic rings. The topological polar surface area (TPSA) is 57.6 Å². The van der Waals surface area contributed by atoms with Crippen molar-refractivity contribution >= 4 is 21.6 Å². The normalized spacial score (nSPS) is 15.8. The van der Waals surface area contributed by atoms with Crippen LogP contribution in [0, 0.1) is 5.82 Å². The Morgan fingerprint density at radius 2 is 2.10 bits per heavy atom. The fourth-order valence-corrected chi connectivity index (χ4v) is 4.35. The van der Waals surface area contributed by atoms with Gasteiger partial charge in [0.1, 0.15) is 10.7 Å². The number of hydrogen-bond donors (Lipinski definition) is 1. The van der Waals surface area contributed by atoms with Crippen molar-refractivity contribution in [2.75, 3.05) is 6.54 Å². The Bertz CT molecular complexity index is 602. The molecule has 7 heteroatoms. The average Bonchev–Trinajstić information content (AvgIpc) is 3.22. The molecule has 1 fully saturated rings. The first-order valence-electron chi connectivity index (χ1n) is 6.52. The lowest BCUT2D eigenvalue weighted by Gasteiger charge is -2.22. The van der Waals surface area contributed by atoms with Gasteiger partial charge in [-0.15, -0.1) is 0 Å². The van der Waals surface area contributed by atoms with E-state index in [0.717, 1.165) is 18.9 Å². The van der Waals surface area contributed by atoms with Crippen LogP contribution in [0.2, 0.25) is 5.02 Å². The van der Waals surface area contributed by atoms with Crippen molar-refractivity contribution in [2.24, 2.45) is 0 Å². The van der Waals surface area contributed by atoms with E-state index < -0.39 is 27.3 Å². The Kier molecular flexibility index (Phi) is 4.69. The Hall–Kier alpha value is -0.690. The van der Waals surface area contributed by atoms with Crippen molar-refractivity contribution in [3.05, 3.63) is 28.5 Å². The van der Waals surface area contributed by atoms with Crippen LogP contribution in [-0.2, 0) is 16.6 Å². The highest BCUT2D eigenvalue weighted by Crippen LogP contribution is 2.34. The zero-order valence-corrected chi connectivity index (χ0v) is 12.7. The predicted molar refractivity (Wildman–Crippen MR) is 74.5 cm³/mol. The lowest BCUT2D eigenvalue weighted by atomic mass is 10.2. The maximum atomic E-state index is 14.2. The Morgan fingerprint density at radius 3 is 2.60 bits per heavy atom. The van der Waals surface area contributed by atoms with E-state index in [2.05, 4.69) is 0 Å². The van der Waals surface area contributed by atoms with Crippen molar-refractivity contribution in [1.82, 2.24) is 4.31 Å². The van der Waals surface area contributed by atoms with E-state index >= 15 is 0 Å². The fraction of sp³-hybridized carbons (Fsp3) is 0.538. The van der Waals surface area contributed by atoms with Crippen LogP contribution in [0.4, 0.5) is 4.39 Å². The van der Waals surface area contributed by atoms with Crippen LogP contribution in [0.5, 0.6) is 0 Å². The molecule has 0 bridgehead atoms. The Labute approximate surface area is 123 Å². The van der Waals surface area contributed by atoms with Crippen LogP contribution in [0.25, 0.3) is 0 Å². The maximum Gasteiger partial charge on any atom is 0.246 e. The lowest BCUT2D eigenvalue weighted by molar-refractivity contribution is 0.274. The minimum atomic E-state index is -3.92. The predicted octanol–water partition coefficient (Wildman–Crippen LogP) is 2.53. The number of nitrogens with zero attached hydrogens (tertiary/aromatic N) is 1. The van der Waals surface area contributed by atoms with Gasteiger partial charge >= 0.3 is 0 Å². The molecule has 0 heterocycles. The minimum Gasteiger partial charge on any atom is -0.392 e. The summed E-state index contributed by atoms with van der Waals surface area (Å²) in [5, 5.41) is 9.19. The van der Waals surface area contributed by atoms with Gasteiger partial charge in [0, 0.05) is 23.2 Å². The maximum absolute atomic E-state index is 14.2. The largest absolute Gasteiger partial charge is 0.392 e. The van der Waals surface area contributed by atoms with E-state index in [1.807, 2.05) is 6.92 Å². The molecule has 1 saturated carbocycles. The number of aliphatic hydroxyl groups is 1. The average molecular weight is 322 g/mol. The van der Waals surface area contributed by atoms with E-state index in [4.69, 9.17) is 16.7 Å². The van der Waals surface area contributed by atoms with Crippen LogP contribution >= 0.6 is 11.6 Å². The molecule has 2 rings (SSSR count). The summed E-state index contributed by atoms with van der Waals surface area (Å²) in [7, 11) is -3.92. The molecule has 0 spiro atoms. The number of sulfonamides is 1. The third kappa shape index (κ3) is 2.98. The molecule has 1 N–H and O–H groups in total. The Balaban J connectivity index is 2.50. The number of rotatable bonds is 6. The molecule has 0 aromatic heterocycles. The molecule has 0 amide bonds. The molecule has 20 heavy (non-hydrogen) atoms. The first kappa shape index (κ1) is 15.7. The quantitative estimate of drug-likeness (QED) is 0.876. The summed E-state index contributed by atoms with van der Waals surface area (Å²) in [5.41, 5.74) is -0.108. The summed E-state index contributed by atoms with van der Waals surface area (Å²) in [4.78, 5) is -0.450. The van der Waals surface area contributed by atoms with Crippen LogP contribution < -0.4 is 0 Å². The summed E-state index contributed by atoms with van der Waals surface area (Å²) in [6.45, 7) is 1.64. The molecule has 1 aliphatic rings. The van der Waals surface area contributed by atoms with Crippen LogP contribution in [-0.4, -0.2) is 30.4 Å². The van der Waals surface area contributed by atoms with Gasteiger partial charge in [0.15, 0.2) is 0 Å². The first-order valence-corrected chi connectivity index (χ1v) is 8.34. The molecule has 0 radical (unpaired) electrons. The van der Waals surface area contributed by atoms with Gasteiger partial charge in [-0.3, -0.25) is 0 Å². The summed E-state index contributed by atoms with van der Waals surface area (Å²) in [5.74, 6) is -0.918. The zero-order valence-electron chi connectivity index (χ0n) is 11.1. The van der Waals surface area contributed by atoms with Gasteiger partial charge in [-0.05, 0) is 31.4 Å². The van der Waals surface area contributed by atoms with Crippen molar-refractivity contribution in [3.63, 3.8) is 0 Å². The van der Waals surface area contributed by atoms with Crippen LogP contribution in [0.15, 0.2) is 17.0 Å². The highest BCUT2D eigenvalue weighted by molar-refractivity contribution is 7.89. The molecule has 0 unspecified atom stereocenters. The summed E-state index contributed by atoms with van der Waals surface area (Å²) in [6, 6.07) is 2.30. The van der Waals surface area contributed by atoms with Gasteiger partial charge < -0.3 is 5.11 Å². The summed E-state index contributed by atoms with van der Waals surface area (Å²) < 4.78 is 40.7. The van der Waals surface area contributed by atoms with E-state index in [9.17, 15) is 12.8 Å². The smallest absolute Gasteiger partial charge is 0.246 e. The SMILES string of the molecule is CCCN(C1CC1)S(=O)(=O)c1cc(Cl)cc(CO)c1F. The fourth-order valence-electron chi connectivity index (χ4n) is 2.13. The highest BCUT2D eigenvalue weighted by atomic mass is 35.5. The van der Waals surface area contributed by atoms with Gasteiger partial charge in [-0.2, -0.15) is 4.31 Å². The second-order valence-corrected chi connectivity index (χ2v) is 7.18. The van der Waals surface area contributed by atoms with Gasteiger partial charge in [0.05, 0.1) is 6.61 Å². The lowest BCUT2D eigenvalue weighted by Crippen LogP contribution is -2.34. The third-order valence-corrected chi connectivity index (χ3v) is 5.40. The molecule has 112 valence electrons. The van der Waals surface area contributed by atoms with Crippen LogP contribution in [0.3, 0.4) is 0 Å². The molecule has 0 aliphatic heterocycles. The van der Waals surface area contributed by atoms with E-state index in [0.29, 0.717) is 13.0 Å². The van der Waals surface area contributed by atoms with E-state index in [-0.39, 0.29) is 16.6 Å². The van der Waals surface area contributed by atoms with E-state index in [1.54, 1.807) is 0 Å². The van der Waals surface area contributed by atoms with Gasteiger partial charge in [-0.1, -0.05) is 18.5 Å². The van der Waals surface area contributed by atoms with Crippen molar-refractivity contribution < 1.29 is 17.9 Å². The second-order valence-electron chi connectivity index (χ2n) is 4.88. The van der Waals surface area contributed by atoms with Crippen molar-refractivity contribution in [1.29, 1.82) is 0 Å². The Morgan fingerprint density at radius 1 is 1.45 bits per heavy atom. The number of aliphatic hydroxyl groups excluding tert-OH is 1. The summed E-state index contributed by atoms with van der Waals surface area (Å²) >= 11 is 5.82. The zero-order chi connectivity index (χ0) is 14.9. The van der Waals surface area contributed by atoms with E-state index in [1.165, 1.54) is 10.4 Å². The standard InChI is InChI=1S/C13H17ClFNO3S/c1-2-5-16(11-3-4-11)20(18,19)12-7-10(14)6-9(8-17)13(12)15/h6-7,11,17H,2-5,8H2,1H3.